The van der Waals surface area contributed by atoms with E-state index in [2.05, 4.69) is 46.7 Å². The quantitative estimate of drug-likeness (QED) is 0.730. The van der Waals surface area contributed by atoms with E-state index in [1.54, 1.807) is 6.20 Å². The van der Waals surface area contributed by atoms with Crippen molar-refractivity contribution >= 4 is 38.3 Å². The number of aromatic nitrogens is 3. The normalized spacial score (nSPS) is 15.6. The van der Waals surface area contributed by atoms with Crippen LogP contribution in [-0.4, -0.2) is 46.0 Å². The van der Waals surface area contributed by atoms with Gasteiger partial charge in [0, 0.05) is 42.2 Å². The van der Waals surface area contributed by atoms with Gasteiger partial charge in [-0.15, -0.1) is 0 Å². The largest absolute Gasteiger partial charge is 0.383 e. The number of fused-ring (bicyclic) bond motifs is 1. The Bertz CT molecular complexity index is 892. The smallest absolute Gasteiger partial charge is 0.145 e. The van der Waals surface area contributed by atoms with E-state index in [4.69, 9.17) is 5.73 Å². The number of nitrogen functional groups attached to an aromatic ring is 1. The molecule has 0 saturated carbocycles. The first-order valence-corrected chi connectivity index (χ1v) is 9.07. The summed E-state index contributed by atoms with van der Waals surface area (Å²) in [6.07, 6.45) is 3.72. The minimum atomic E-state index is 0.555. The Balaban J connectivity index is 1.43. The van der Waals surface area contributed by atoms with Crippen LogP contribution in [0.1, 0.15) is 5.82 Å². The van der Waals surface area contributed by atoms with Crippen molar-refractivity contribution in [3.8, 4) is 0 Å². The molecule has 3 aromatic rings. The molecular weight excluding hydrogens is 380 g/mol. The minimum Gasteiger partial charge on any atom is -0.383 e. The second kappa shape index (κ2) is 6.93. The summed E-state index contributed by atoms with van der Waals surface area (Å²) in [6.45, 7) is 4.56. The maximum Gasteiger partial charge on any atom is 0.145 e. The molecule has 0 atom stereocenters. The molecule has 2 N–H and O–H groups in total. The van der Waals surface area contributed by atoms with E-state index in [0.717, 1.165) is 59.6 Å². The molecule has 1 aliphatic heterocycles. The average Bonchev–Trinajstić information content (AvgIpc) is 2.62. The first-order chi connectivity index (χ1) is 12.2. The maximum absolute atomic E-state index is 6.09. The van der Waals surface area contributed by atoms with Crippen molar-refractivity contribution in [1.82, 2.24) is 19.9 Å². The summed E-state index contributed by atoms with van der Waals surface area (Å²) in [5, 5.41) is 0.915. The Morgan fingerprint density at radius 2 is 1.84 bits per heavy atom. The van der Waals surface area contributed by atoms with Crippen molar-refractivity contribution in [3.63, 3.8) is 0 Å². The monoisotopic (exact) mass is 398 g/mol. The second-order valence-electron chi connectivity index (χ2n) is 6.17. The van der Waals surface area contributed by atoms with Crippen molar-refractivity contribution in [1.29, 1.82) is 0 Å². The predicted octanol–water partition coefficient (Wildman–Crippen LogP) is 2.69. The molecule has 3 heterocycles. The average molecular weight is 399 g/mol. The van der Waals surface area contributed by atoms with Gasteiger partial charge < -0.3 is 10.6 Å². The molecule has 1 aromatic carbocycles. The highest BCUT2D eigenvalue weighted by Gasteiger charge is 2.19. The van der Waals surface area contributed by atoms with Gasteiger partial charge in [-0.05, 0) is 34.1 Å². The Kier molecular flexibility index (Phi) is 4.50. The summed E-state index contributed by atoms with van der Waals surface area (Å²) in [7, 11) is 0. The van der Waals surface area contributed by atoms with Crippen LogP contribution < -0.4 is 10.6 Å². The van der Waals surface area contributed by atoms with Gasteiger partial charge in [-0.25, -0.2) is 9.97 Å². The van der Waals surface area contributed by atoms with Gasteiger partial charge in [-0.2, -0.15) is 0 Å². The van der Waals surface area contributed by atoms with Crippen molar-refractivity contribution in [2.45, 2.75) is 6.54 Å². The van der Waals surface area contributed by atoms with Crippen LogP contribution in [0.3, 0.4) is 0 Å². The number of pyridine rings is 1. The lowest BCUT2D eigenvalue weighted by Gasteiger charge is -2.35. The third-order valence-corrected chi connectivity index (χ3v) is 4.91. The molecule has 0 radical (unpaired) electrons. The van der Waals surface area contributed by atoms with Crippen LogP contribution in [0.15, 0.2) is 47.2 Å². The third-order valence-electron chi connectivity index (χ3n) is 4.47. The van der Waals surface area contributed by atoms with Gasteiger partial charge in [-0.1, -0.05) is 12.1 Å². The Hall–Kier alpha value is -2.25. The van der Waals surface area contributed by atoms with Gasteiger partial charge >= 0.3 is 0 Å². The fourth-order valence-electron chi connectivity index (χ4n) is 3.16. The van der Waals surface area contributed by atoms with Crippen molar-refractivity contribution in [3.05, 3.63) is 53.0 Å². The van der Waals surface area contributed by atoms with Crippen LogP contribution in [0, 0.1) is 0 Å². The lowest BCUT2D eigenvalue weighted by atomic mass is 10.2. The molecule has 2 aromatic heterocycles. The van der Waals surface area contributed by atoms with E-state index in [9.17, 15) is 0 Å². The summed E-state index contributed by atoms with van der Waals surface area (Å²) in [5.74, 6) is 1.34. The Morgan fingerprint density at radius 3 is 2.64 bits per heavy atom. The second-order valence-corrected chi connectivity index (χ2v) is 7.08. The number of hydrogen-bond acceptors (Lipinski definition) is 6. The molecule has 25 heavy (non-hydrogen) atoms. The number of halogens is 1. The van der Waals surface area contributed by atoms with Gasteiger partial charge in [0.15, 0.2) is 0 Å². The third kappa shape index (κ3) is 3.57. The summed E-state index contributed by atoms with van der Waals surface area (Å²) >= 11 is 3.48. The number of nitrogens with zero attached hydrogens (tertiary/aromatic N) is 5. The molecule has 0 amide bonds. The molecule has 1 aliphatic rings. The molecule has 0 aliphatic carbocycles. The lowest BCUT2D eigenvalue weighted by molar-refractivity contribution is 0.244. The molecule has 7 heteroatoms. The summed E-state index contributed by atoms with van der Waals surface area (Å²) < 4.78 is 1.01. The molecule has 1 fully saturated rings. The maximum atomic E-state index is 6.09. The predicted molar refractivity (Wildman–Crippen MR) is 103 cm³/mol. The van der Waals surface area contributed by atoms with E-state index in [0.29, 0.717) is 5.82 Å². The number of piperazine rings is 1. The minimum absolute atomic E-state index is 0.555. The highest BCUT2D eigenvalue weighted by atomic mass is 79.9. The van der Waals surface area contributed by atoms with Gasteiger partial charge in [0.25, 0.3) is 0 Å². The topological polar surface area (TPSA) is 71.2 Å². The van der Waals surface area contributed by atoms with E-state index in [1.807, 2.05) is 30.5 Å². The van der Waals surface area contributed by atoms with Crippen LogP contribution >= 0.6 is 15.9 Å². The van der Waals surface area contributed by atoms with Crippen LogP contribution in [-0.2, 0) is 6.54 Å². The fourth-order valence-corrected chi connectivity index (χ4v) is 3.51. The molecule has 0 bridgehead atoms. The van der Waals surface area contributed by atoms with E-state index >= 15 is 0 Å². The zero-order valence-corrected chi connectivity index (χ0v) is 15.4. The molecule has 4 rings (SSSR count). The van der Waals surface area contributed by atoms with Crippen LogP contribution in [0.4, 0.5) is 11.5 Å². The number of rotatable bonds is 3. The van der Waals surface area contributed by atoms with Crippen LogP contribution in [0.5, 0.6) is 0 Å². The zero-order chi connectivity index (χ0) is 17.2. The first-order valence-electron chi connectivity index (χ1n) is 8.28. The van der Waals surface area contributed by atoms with Gasteiger partial charge in [-0.3, -0.25) is 9.88 Å². The summed E-state index contributed by atoms with van der Waals surface area (Å²) in [4.78, 5) is 18.1. The molecule has 0 unspecified atom stereocenters. The zero-order valence-electron chi connectivity index (χ0n) is 13.8. The van der Waals surface area contributed by atoms with E-state index in [1.165, 1.54) is 0 Å². The van der Waals surface area contributed by atoms with Gasteiger partial charge in [0.05, 0.1) is 23.9 Å². The first kappa shape index (κ1) is 16.2. The lowest BCUT2D eigenvalue weighted by Crippen LogP contribution is -2.46. The molecule has 1 saturated heterocycles. The van der Waals surface area contributed by atoms with Gasteiger partial charge in [0.2, 0.25) is 0 Å². The number of anilines is 2. The number of nitrogens with two attached hydrogens (primary N) is 1. The highest BCUT2D eigenvalue weighted by Crippen LogP contribution is 2.21. The van der Waals surface area contributed by atoms with Crippen molar-refractivity contribution in [2.24, 2.45) is 0 Å². The van der Waals surface area contributed by atoms with Crippen LogP contribution in [0.25, 0.3) is 10.9 Å². The standard InChI is InChI=1S/C18H19BrN6/c19-13-9-14(11-21-10-13)25-7-5-24(6-8-25)12-17-22-16-4-2-1-3-15(16)18(20)23-17/h1-4,9-11H,5-8,12H2,(H2,20,22,23). The van der Waals surface area contributed by atoms with E-state index < -0.39 is 0 Å². The highest BCUT2D eigenvalue weighted by molar-refractivity contribution is 9.10. The molecule has 6 nitrogen and oxygen atoms in total. The molecule has 128 valence electrons. The fraction of sp³-hybridized carbons (Fsp3) is 0.278. The SMILES string of the molecule is Nc1nc(CN2CCN(c3cncc(Br)c3)CC2)nc2ccccc12. The number of hydrogen-bond donors (Lipinski definition) is 1. The van der Waals surface area contributed by atoms with Crippen LogP contribution in [0.2, 0.25) is 0 Å². The summed E-state index contributed by atoms with van der Waals surface area (Å²) in [6, 6.07) is 9.98. The number of para-hydroxylation sites is 1. The molecule has 0 spiro atoms. The summed E-state index contributed by atoms with van der Waals surface area (Å²) in [5.41, 5.74) is 8.14. The van der Waals surface area contributed by atoms with Crippen molar-refractivity contribution in [2.75, 3.05) is 36.8 Å². The molecular formula is C18H19BrN6. The van der Waals surface area contributed by atoms with Gasteiger partial charge in [0.1, 0.15) is 11.6 Å². The van der Waals surface area contributed by atoms with Crippen molar-refractivity contribution < 1.29 is 0 Å². The number of benzene rings is 1. The van der Waals surface area contributed by atoms with E-state index in [-0.39, 0.29) is 0 Å². The Morgan fingerprint density at radius 1 is 1.04 bits per heavy atom. The Labute approximate surface area is 154 Å².